The number of hydrogen-bond donors (Lipinski definition) is 1. The molecule has 4 nitrogen and oxygen atoms in total. The Morgan fingerprint density at radius 1 is 1.00 bits per heavy atom. The number of hydrogen-bond acceptors (Lipinski definition) is 2. The van der Waals surface area contributed by atoms with Gasteiger partial charge in [-0.15, -0.1) is 0 Å². The molecule has 1 aliphatic carbocycles. The Hall–Kier alpha value is -1.84. The molecule has 0 unspecified atom stereocenters. The lowest BCUT2D eigenvalue weighted by atomic mass is 9.96. The Balaban J connectivity index is 1.93. The van der Waals surface area contributed by atoms with E-state index in [0.29, 0.717) is 11.6 Å². The number of rotatable bonds is 3. The summed E-state index contributed by atoms with van der Waals surface area (Å²) in [7, 11) is 1.88. The molecule has 0 radical (unpaired) electrons. The molecule has 2 amide bonds. The van der Waals surface area contributed by atoms with Crippen molar-refractivity contribution in [3.8, 4) is 0 Å². The molecule has 4 heteroatoms. The quantitative estimate of drug-likeness (QED) is 0.838. The van der Waals surface area contributed by atoms with Crippen LogP contribution in [-0.2, 0) is 0 Å². The topological polar surface area (TPSA) is 49.4 Å². The van der Waals surface area contributed by atoms with Gasteiger partial charge in [0.05, 0.1) is 0 Å². The van der Waals surface area contributed by atoms with Crippen LogP contribution >= 0.6 is 0 Å². The van der Waals surface area contributed by atoms with Gasteiger partial charge < -0.3 is 10.2 Å². The van der Waals surface area contributed by atoms with Gasteiger partial charge in [-0.05, 0) is 44.0 Å². The number of benzene rings is 1. The monoisotopic (exact) mass is 302 g/mol. The Kier molecular flexibility index (Phi) is 5.99. The van der Waals surface area contributed by atoms with Crippen LogP contribution in [0.15, 0.2) is 24.3 Å². The molecule has 2 rings (SSSR count). The van der Waals surface area contributed by atoms with Crippen LogP contribution in [0.5, 0.6) is 0 Å². The summed E-state index contributed by atoms with van der Waals surface area (Å²) in [6, 6.07) is 7.31. The maximum atomic E-state index is 12.4. The molecule has 22 heavy (non-hydrogen) atoms. The van der Waals surface area contributed by atoms with Gasteiger partial charge in [-0.3, -0.25) is 4.79 Å². The van der Waals surface area contributed by atoms with E-state index in [0.717, 1.165) is 18.5 Å². The average molecular weight is 302 g/mol. The summed E-state index contributed by atoms with van der Waals surface area (Å²) in [4.78, 5) is 25.5. The number of urea groups is 1. The van der Waals surface area contributed by atoms with Crippen LogP contribution in [0.4, 0.5) is 10.5 Å². The number of Topliss-reactive ketones (excluding diaryl/α,β-unsaturated/α-hetero) is 1. The third-order valence-corrected chi connectivity index (χ3v) is 4.49. The van der Waals surface area contributed by atoms with Crippen LogP contribution in [0.3, 0.4) is 0 Å². The predicted molar refractivity (Wildman–Crippen MR) is 89.3 cm³/mol. The van der Waals surface area contributed by atoms with E-state index in [1.54, 1.807) is 24.3 Å². The molecule has 1 saturated carbocycles. The zero-order chi connectivity index (χ0) is 15.9. The van der Waals surface area contributed by atoms with E-state index in [1.807, 2.05) is 11.9 Å². The number of ketones is 1. The molecule has 1 aliphatic rings. The van der Waals surface area contributed by atoms with Gasteiger partial charge in [-0.1, -0.05) is 32.1 Å². The molecule has 0 aliphatic heterocycles. The van der Waals surface area contributed by atoms with Crippen molar-refractivity contribution in [1.29, 1.82) is 0 Å². The van der Waals surface area contributed by atoms with Gasteiger partial charge >= 0.3 is 6.03 Å². The van der Waals surface area contributed by atoms with E-state index in [1.165, 1.54) is 39.0 Å². The Labute approximate surface area is 132 Å². The summed E-state index contributed by atoms with van der Waals surface area (Å²) >= 11 is 0. The van der Waals surface area contributed by atoms with Crippen LogP contribution in [0.2, 0.25) is 0 Å². The second-order valence-corrected chi connectivity index (χ2v) is 6.17. The SMILES string of the molecule is CC(=O)c1ccc(NC(=O)N(C)C2CCCCCCC2)cc1. The molecular formula is C18H26N2O2. The average Bonchev–Trinajstić information content (AvgIpc) is 2.47. The third-order valence-electron chi connectivity index (χ3n) is 4.49. The first-order chi connectivity index (χ1) is 10.6. The van der Waals surface area contributed by atoms with E-state index >= 15 is 0 Å². The number of anilines is 1. The molecular weight excluding hydrogens is 276 g/mol. The van der Waals surface area contributed by atoms with E-state index in [9.17, 15) is 9.59 Å². The van der Waals surface area contributed by atoms with Gasteiger partial charge in [0.15, 0.2) is 5.78 Å². The van der Waals surface area contributed by atoms with Crippen LogP contribution < -0.4 is 5.32 Å². The highest BCUT2D eigenvalue weighted by atomic mass is 16.2. The molecule has 0 saturated heterocycles. The van der Waals surface area contributed by atoms with Crippen molar-refractivity contribution < 1.29 is 9.59 Å². The molecule has 1 aromatic rings. The molecule has 0 aromatic heterocycles. The lowest BCUT2D eigenvalue weighted by Crippen LogP contribution is -2.40. The second-order valence-electron chi connectivity index (χ2n) is 6.17. The molecule has 120 valence electrons. The Morgan fingerprint density at radius 3 is 2.09 bits per heavy atom. The molecule has 1 aromatic carbocycles. The minimum atomic E-state index is -0.0684. The van der Waals surface area contributed by atoms with Gasteiger partial charge in [0.2, 0.25) is 0 Å². The van der Waals surface area contributed by atoms with E-state index < -0.39 is 0 Å². The first-order valence-corrected chi connectivity index (χ1v) is 8.23. The van der Waals surface area contributed by atoms with Crippen molar-refractivity contribution in [2.75, 3.05) is 12.4 Å². The summed E-state index contributed by atoms with van der Waals surface area (Å²) < 4.78 is 0. The van der Waals surface area contributed by atoms with Gasteiger partial charge in [0.25, 0.3) is 0 Å². The number of carbonyl (C=O) groups excluding carboxylic acids is 2. The highest BCUT2D eigenvalue weighted by Gasteiger charge is 2.20. The number of carbonyl (C=O) groups is 2. The number of nitrogens with zero attached hydrogens (tertiary/aromatic N) is 1. The minimum absolute atomic E-state index is 0.0320. The fraction of sp³-hybridized carbons (Fsp3) is 0.556. The largest absolute Gasteiger partial charge is 0.325 e. The summed E-state index contributed by atoms with van der Waals surface area (Å²) in [5.74, 6) is 0.0320. The van der Waals surface area contributed by atoms with Gasteiger partial charge in [0, 0.05) is 24.3 Å². The van der Waals surface area contributed by atoms with Gasteiger partial charge in [-0.2, -0.15) is 0 Å². The van der Waals surface area contributed by atoms with Crippen molar-refractivity contribution in [1.82, 2.24) is 4.90 Å². The molecule has 0 spiro atoms. The second kappa shape index (κ2) is 7.97. The van der Waals surface area contributed by atoms with Crippen molar-refractivity contribution in [3.63, 3.8) is 0 Å². The first-order valence-electron chi connectivity index (χ1n) is 8.23. The predicted octanol–water partition coefficient (Wildman–Crippen LogP) is 4.47. The van der Waals surface area contributed by atoms with E-state index in [-0.39, 0.29) is 11.8 Å². The van der Waals surface area contributed by atoms with Crippen LogP contribution in [0.25, 0.3) is 0 Å². The number of nitrogens with one attached hydrogen (secondary N) is 1. The van der Waals surface area contributed by atoms with Gasteiger partial charge in [0.1, 0.15) is 0 Å². The van der Waals surface area contributed by atoms with Crippen LogP contribution in [0.1, 0.15) is 62.2 Å². The highest BCUT2D eigenvalue weighted by Crippen LogP contribution is 2.21. The fourth-order valence-corrected chi connectivity index (χ4v) is 2.99. The minimum Gasteiger partial charge on any atom is -0.325 e. The Morgan fingerprint density at radius 2 is 1.55 bits per heavy atom. The standard InChI is InChI=1S/C18H26N2O2/c1-14(21)15-10-12-16(13-11-15)19-18(22)20(2)17-8-6-4-3-5-7-9-17/h10-13,17H,3-9H2,1-2H3,(H,19,22). The summed E-state index contributed by atoms with van der Waals surface area (Å²) in [5.41, 5.74) is 1.39. The van der Waals surface area contributed by atoms with Crippen molar-refractivity contribution in [2.45, 2.75) is 57.9 Å². The van der Waals surface area contributed by atoms with E-state index in [2.05, 4.69) is 5.32 Å². The van der Waals surface area contributed by atoms with Crippen molar-refractivity contribution in [3.05, 3.63) is 29.8 Å². The fourth-order valence-electron chi connectivity index (χ4n) is 2.99. The third kappa shape index (κ3) is 4.58. The van der Waals surface area contributed by atoms with Crippen LogP contribution in [-0.4, -0.2) is 29.8 Å². The van der Waals surface area contributed by atoms with Gasteiger partial charge in [-0.25, -0.2) is 4.79 Å². The van der Waals surface area contributed by atoms with Crippen LogP contribution in [0, 0.1) is 0 Å². The zero-order valence-electron chi connectivity index (χ0n) is 13.6. The maximum Gasteiger partial charge on any atom is 0.321 e. The Bertz CT molecular complexity index is 502. The first kappa shape index (κ1) is 16.5. The maximum absolute atomic E-state index is 12.4. The normalized spacial score (nSPS) is 16.5. The molecule has 0 heterocycles. The highest BCUT2D eigenvalue weighted by molar-refractivity contribution is 5.95. The molecule has 1 fully saturated rings. The summed E-state index contributed by atoms with van der Waals surface area (Å²) in [6.07, 6.45) is 8.47. The smallest absolute Gasteiger partial charge is 0.321 e. The molecule has 0 atom stereocenters. The van der Waals surface area contributed by atoms with Crippen molar-refractivity contribution >= 4 is 17.5 Å². The zero-order valence-corrected chi connectivity index (χ0v) is 13.6. The van der Waals surface area contributed by atoms with Crippen molar-refractivity contribution in [2.24, 2.45) is 0 Å². The summed E-state index contributed by atoms with van der Waals surface area (Å²) in [5, 5.41) is 2.92. The molecule has 0 bridgehead atoms. The molecule has 1 N–H and O–H groups in total. The lowest BCUT2D eigenvalue weighted by molar-refractivity contribution is 0.101. The summed E-state index contributed by atoms with van der Waals surface area (Å²) in [6.45, 7) is 1.54. The van der Waals surface area contributed by atoms with E-state index in [4.69, 9.17) is 0 Å². The number of amides is 2. The lowest BCUT2D eigenvalue weighted by Gasteiger charge is -2.29.